The van der Waals surface area contributed by atoms with Gasteiger partial charge in [-0.25, -0.2) is 9.98 Å². The van der Waals surface area contributed by atoms with Crippen LogP contribution in [-0.4, -0.2) is 11.7 Å². The number of nitrogens with zero attached hydrogens (tertiary/aromatic N) is 2. The molecule has 0 saturated carbocycles. The van der Waals surface area contributed by atoms with E-state index in [0.29, 0.717) is 5.84 Å². The zero-order valence-corrected chi connectivity index (χ0v) is 26.6. The monoisotopic (exact) mass is 632 g/mol. The van der Waals surface area contributed by atoms with E-state index in [0.717, 1.165) is 67.0 Å². The number of fused-ring (bicyclic) bond motifs is 3. The van der Waals surface area contributed by atoms with Crippen molar-refractivity contribution in [1.29, 1.82) is 0 Å². The van der Waals surface area contributed by atoms with Gasteiger partial charge in [-0.3, -0.25) is 0 Å². The van der Waals surface area contributed by atoms with Crippen LogP contribution in [0.25, 0.3) is 33.0 Å². The minimum Gasteiger partial charge on any atom is -0.464 e. The first-order chi connectivity index (χ1) is 24.2. The topological polar surface area (TPSA) is 58.0 Å². The highest BCUT2D eigenvalue weighted by Crippen LogP contribution is 2.43. The van der Waals surface area contributed by atoms with E-state index >= 15 is 0 Å². The molecule has 5 heteroatoms. The number of nitrogens with one attached hydrogen (secondary N) is 2. The Kier molecular flexibility index (Phi) is 7.21. The van der Waals surface area contributed by atoms with Crippen LogP contribution in [0.4, 0.5) is 5.69 Å². The molecule has 2 aliphatic heterocycles. The van der Waals surface area contributed by atoms with E-state index in [9.17, 15) is 0 Å². The first-order valence-electron chi connectivity index (χ1n) is 16.5. The molecule has 0 radical (unpaired) electrons. The summed E-state index contributed by atoms with van der Waals surface area (Å²) in [6.45, 7) is 0. The van der Waals surface area contributed by atoms with Gasteiger partial charge in [-0.2, -0.15) is 0 Å². The van der Waals surface area contributed by atoms with Crippen molar-refractivity contribution >= 4 is 28.1 Å². The Balaban J connectivity index is 1.07. The highest BCUT2D eigenvalue weighted by molar-refractivity contribution is 6.13. The van der Waals surface area contributed by atoms with Crippen LogP contribution in [0.3, 0.4) is 0 Å². The average Bonchev–Trinajstić information content (AvgIpc) is 3.64. The molecule has 0 aliphatic carbocycles. The molecule has 0 fully saturated rings. The fourth-order valence-electron chi connectivity index (χ4n) is 6.64. The van der Waals surface area contributed by atoms with E-state index in [-0.39, 0.29) is 12.4 Å². The molecule has 0 bridgehead atoms. The second-order valence-electron chi connectivity index (χ2n) is 12.3. The summed E-state index contributed by atoms with van der Waals surface area (Å²) in [5, 5.41) is 9.58. The van der Waals surface area contributed by atoms with Gasteiger partial charge >= 0.3 is 0 Å². The van der Waals surface area contributed by atoms with Crippen LogP contribution in [0.15, 0.2) is 180 Å². The van der Waals surface area contributed by atoms with Crippen LogP contribution in [0, 0.1) is 0 Å². The molecule has 9 rings (SSSR count). The van der Waals surface area contributed by atoms with Crippen molar-refractivity contribution in [1.82, 2.24) is 5.32 Å². The predicted molar refractivity (Wildman–Crippen MR) is 200 cm³/mol. The van der Waals surface area contributed by atoms with Crippen molar-refractivity contribution in [3.8, 4) is 28.0 Å². The van der Waals surface area contributed by atoms with Gasteiger partial charge in [0, 0.05) is 22.1 Å². The third kappa shape index (κ3) is 5.62. The van der Waals surface area contributed by atoms with E-state index in [1.54, 1.807) is 0 Å². The molecule has 7 aromatic rings. The lowest BCUT2D eigenvalue weighted by Gasteiger charge is -2.24. The number of hydrogen-bond donors (Lipinski definition) is 2. The van der Waals surface area contributed by atoms with Gasteiger partial charge in [0.2, 0.25) is 0 Å². The van der Waals surface area contributed by atoms with E-state index < -0.39 is 0 Å². The zero-order chi connectivity index (χ0) is 32.6. The maximum absolute atomic E-state index is 6.32. The van der Waals surface area contributed by atoms with E-state index in [1.165, 1.54) is 5.56 Å². The molecule has 0 saturated heterocycles. The van der Waals surface area contributed by atoms with Gasteiger partial charge < -0.3 is 15.4 Å². The first kappa shape index (κ1) is 28.7. The van der Waals surface area contributed by atoms with Crippen LogP contribution < -0.4 is 15.4 Å². The number of hydrogen-bond acceptors (Lipinski definition) is 5. The lowest BCUT2D eigenvalue weighted by molar-refractivity contribution is 0.260. The standard InChI is InChI=1S/C44H32N4O/c1-4-12-29(13-5-1)33-18-10-20-36(26-33)42-46-41(31-14-6-2-7-15-31)47-43(48-42)37-21-11-19-34(27-37)35-23-22-30-24-25-39-40(38(30)28-35)45-44(49-39)32-16-8-3-9-17-32/h1-28,42,44-45H,(H,46,47,48). The number of rotatable bonds is 6. The van der Waals surface area contributed by atoms with Crippen molar-refractivity contribution in [2.24, 2.45) is 9.98 Å². The molecule has 2 aliphatic rings. The van der Waals surface area contributed by atoms with Crippen LogP contribution in [0.5, 0.6) is 5.75 Å². The van der Waals surface area contributed by atoms with E-state index in [2.05, 4.69) is 138 Å². The summed E-state index contributed by atoms with van der Waals surface area (Å²) in [7, 11) is 0. The highest BCUT2D eigenvalue weighted by atomic mass is 16.5. The normalized spacial score (nSPS) is 16.5. The number of aliphatic imine (C=N–C) groups is 2. The molecule has 0 amide bonds. The Morgan fingerprint density at radius 1 is 0.469 bits per heavy atom. The smallest absolute Gasteiger partial charge is 0.196 e. The molecule has 2 heterocycles. The predicted octanol–water partition coefficient (Wildman–Crippen LogP) is 10.2. The molecule has 49 heavy (non-hydrogen) atoms. The molecule has 2 atom stereocenters. The maximum atomic E-state index is 6.32. The average molecular weight is 633 g/mol. The number of benzene rings is 7. The minimum absolute atomic E-state index is 0.217. The SMILES string of the molecule is c1ccc(C2=NC(c3cccc(-c4ccccc4)c3)NC(c3cccc(-c4ccc5ccc6c(c5c4)NC(c4ccccc4)O6)c3)=N2)cc1. The number of ether oxygens (including phenoxy) is 1. The van der Waals surface area contributed by atoms with Gasteiger partial charge in [0.15, 0.2) is 12.1 Å². The Labute approximate surface area is 285 Å². The van der Waals surface area contributed by atoms with Gasteiger partial charge in [-0.1, -0.05) is 146 Å². The maximum Gasteiger partial charge on any atom is 0.196 e. The molecule has 0 spiro atoms. The Hall–Kier alpha value is -6.46. The van der Waals surface area contributed by atoms with Crippen LogP contribution in [-0.2, 0) is 0 Å². The molecule has 7 aromatic carbocycles. The largest absolute Gasteiger partial charge is 0.464 e. The quantitative estimate of drug-likeness (QED) is 0.192. The van der Waals surface area contributed by atoms with Crippen LogP contribution in [0.2, 0.25) is 0 Å². The fraction of sp³-hybridized carbons (Fsp3) is 0.0455. The molecular weight excluding hydrogens is 601 g/mol. The molecule has 5 nitrogen and oxygen atoms in total. The summed E-state index contributed by atoms with van der Waals surface area (Å²) in [4.78, 5) is 10.2. The summed E-state index contributed by atoms with van der Waals surface area (Å²) in [5.74, 6) is 2.35. The summed E-state index contributed by atoms with van der Waals surface area (Å²) in [6, 6.07) is 58.9. The van der Waals surface area contributed by atoms with Crippen molar-refractivity contribution in [3.63, 3.8) is 0 Å². The summed E-state index contributed by atoms with van der Waals surface area (Å²) in [6.07, 6.45) is -0.520. The Bertz CT molecular complexity index is 2370. The first-order valence-corrected chi connectivity index (χ1v) is 16.5. The number of amidine groups is 2. The van der Waals surface area contributed by atoms with Crippen molar-refractivity contribution in [2.75, 3.05) is 5.32 Å². The lowest BCUT2D eigenvalue weighted by atomic mass is 9.98. The van der Waals surface area contributed by atoms with Gasteiger partial charge in [0.25, 0.3) is 0 Å². The van der Waals surface area contributed by atoms with Crippen LogP contribution >= 0.6 is 0 Å². The van der Waals surface area contributed by atoms with E-state index in [1.807, 2.05) is 42.5 Å². The summed E-state index contributed by atoms with van der Waals surface area (Å²) < 4.78 is 6.32. The van der Waals surface area contributed by atoms with Crippen LogP contribution in [0.1, 0.15) is 34.6 Å². The Morgan fingerprint density at radius 2 is 1.08 bits per heavy atom. The third-order valence-corrected chi connectivity index (χ3v) is 9.16. The van der Waals surface area contributed by atoms with Gasteiger partial charge in [0.1, 0.15) is 17.8 Å². The molecule has 234 valence electrons. The summed E-state index contributed by atoms with van der Waals surface area (Å²) >= 11 is 0. The van der Waals surface area contributed by atoms with Crippen molar-refractivity contribution in [3.05, 3.63) is 192 Å². The molecule has 0 aromatic heterocycles. The number of anilines is 1. The highest BCUT2D eigenvalue weighted by Gasteiger charge is 2.26. The van der Waals surface area contributed by atoms with Gasteiger partial charge in [-0.05, 0) is 57.5 Å². The lowest BCUT2D eigenvalue weighted by Crippen LogP contribution is -2.33. The zero-order valence-electron chi connectivity index (χ0n) is 26.6. The molecular formula is C44H32N4O. The molecule has 2 unspecified atom stereocenters. The fourth-order valence-corrected chi connectivity index (χ4v) is 6.64. The van der Waals surface area contributed by atoms with Gasteiger partial charge in [0.05, 0.1) is 5.69 Å². The van der Waals surface area contributed by atoms with E-state index in [4.69, 9.17) is 14.7 Å². The van der Waals surface area contributed by atoms with Gasteiger partial charge in [-0.15, -0.1) is 0 Å². The second-order valence-corrected chi connectivity index (χ2v) is 12.3. The Morgan fingerprint density at radius 3 is 1.88 bits per heavy atom. The third-order valence-electron chi connectivity index (χ3n) is 9.16. The second kappa shape index (κ2) is 12.3. The van der Waals surface area contributed by atoms with Crippen molar-refractivity contribution in [2.45, 2.75) is 12.4 Å². The minimum atomic E-state index is -0.304. The van der Waals surface area contributed by atoms with Crippen molar-refractivity contribution < 1.29 is 4.74 Å². The molecule has 2 N–H and O–H groups in total. The summed E-state index contributed by atoms with van der Waals surface area (Å²) in [5.41, 5.74) is 9.71.